The Morgan fingerprint density at radius 3 is 2.50 bits per heavy atom. The van der Waals surface area contributed by atoms with Crippen LogP contribution in [0.2, 0.25) is 0 Å². The number of aryl methyl sites for hydroxylation is 1. The summed E-state index contributed by atoms with van der Waals surface area (Å²) < 4.78 is 16.4. The van der Waals surface area contributed by atoms with Gasteiger partial charge in [0.05, 0.1) is 0 Å². The van der Waals surface area contributed by atoms with Crippen LogP contribution in [0.1, 0.15) is 5.69 Å². The summed E-state index contributed by atoms with van der Waals surface area (Å²) in [5.41, 5.74) is 0.562. The van der Waals surface area contributed by atoms with E-state index in [1.807, 2.05) is 18.2 Å². The maximum atomic E-state index is 11.9. The van der Waals surface area contributed by atoms with Gasteiger partial charge in [-0.05, 0) is 24.2 Å². The molecule has 14 heavy (non-hydrogen) atoms. The van der Waals surface area contributed by atoms with Crippen LogP contribution in [0.4, 0.5) is 0 Å². The normalized spacial score (nSPS) is 12.6. The first-order valence-electron chi connectivity index (χ1n) is 4.05. The third-order valence-corrected chi connectivity index (χ3v) is 3.17. The second-order valence-electron chi connectivity index (χ2n) is 2.74. The third kappa shape index (κ3) is 1.58. The zero-order valence-electron chi connectivity index (χ0n) is 7.51. The lowest BCUT2D eigenvalue weighted by atomic mass is 10.4. The predicted molar refractivity (Wildman–Crippen MR) is 50.2 cm³/mol. The average molecular weight is 208 g/mol. The van der Waals surface area contributed by atoms with Crippen LogP contribution in [0.15, 0.2) is 44.9 Å². The van der Waals surface area contributed by atoms with Gasteiger partial charge in [-0.3, -0.25) is 0 Å². The second kappa shape index (κ2) is 3.71. The van der Waals surface area contributed by atoms with E-state index in [-0.39, 0.29) is 0 Å². The van der Waals surface area contributed by atoms with E-state index in [4.69, 9.17) is 0 Å². The van der Waals surface area contributed by atoms with Crippen molar-refractivity contribution >= 4 is 10.8 Å². The van der Waals surface area contributed by atoms with Crippen LogP contribution in [0, 0.1) is 6.92 Å². The van der Waals surface area contributed by atoms with Crippen LogP contribution in [-0.2, 0) is 10.8 Å². The summed E-state index contributed by atoms with van der Waals surface area (Å²) in [6.07, 6.45) is 0. The van der Waals surface area contributed by atoms with Crippen molar-refractivity contribution in [1.29, 1.82) is 0 Å². The number of aromatic nitrogens is 2. The van der Waals surface area contributed by atoms with Gasteiger partial charge in [0.2, 0.25) is 0 Å². The molecule has 4 nitrogen and oxygen atoms in total. The van der Waals surface area contributed by atoms with Crippen LogP contribution >= 0.6 is 0 Å². The molecule has 0 saturated carbocycles. The molecule has 0 aliphatic rings. The van der Waals surface area contributed by atoms with Crippen LogP contribution < -0.4 is 0 Å². The highest BCUT2D eigenvalue weighted by Crippen LogP contribution is 2.15. The molecule has 72 valence electrons. The van der Waals surface area contributed by atoms with Crippen molar-refractivity contribution < 1.29 is 8.84 Å². The molecule has 2 rings (SSSR count). The molecule has 0 amide bonds. The first-order chi connectivity index (χ1) is 6.79. The molecule has 0 aliphatic heterocycles. The fourth-order valence-electron chi connectivity index (χ4n) is 1.05. The zero-order valence-corrected chi connectivity index (χ0v) is 8.32. The van der Waals surface area contributed by atoms with Crippen molar-refractivity contribution in [2.45, 2.75) is 16.8 Å². The number of rotatable bonds is 2. The highest BCUT2D eigenvalue weighted by molar-refractivity contribution is 7.85. The van der Waals surface area contributed by atoms with Gasteiger partial charge in [0.25, 0.3) is 0 Å². The molecule has 1 heterocycles. The Kier molecular flexibility index (Phi) is 2.41. The van der Waals surface area contributed by atoms with Gasteiger partial charge in [-0.25, -0.2) is 8.84 Å². The van der Waals surface area contributed by atoms with E-state index in [0.29, 0.717) is 15.6 Å². The molecule has 0 aliphatic carbocycles. The summed E-state index contributed by atoms with van der Waals surface area (Å²) in [4.78, 5) is 0.700. The van der Waals surface area contributed by atoms with Crippen LogP contribution in [0.3, 0.4) is 0 Å². The lowest BCUT2D eigenvalue weighted by Gasteiger charge is -1.96. The Morgan fingerprint density at radius 1 is 1.21 bits per heavy atom. The van der Waals surface area contributed by atoms with Gasteiger partial charge in [-0.1, -0.05) is 23.4 Å². The van der Waals surface area contributed by atoms with Crippen molar-refractivity contribution in [3.63, 3.8) is 0 Å². The quantitative estimate of drug-likeness (QED) is 0.751. The molecular formula is C9H8N2O2S. The highest BCUT2D eigenvalue weighted by Gasteiger charge is 2.14. The van der Waals surface area contributed by atoms with Crippen molar-refractivity contribution in [2.24, 2.45) is 0 Å². The molecule has 1 aromatic carbocycles. The fourth-order valence-corrected chi connectivity index (χ4v) is 2.08. The minimum atomic E-state index is -1.29. The SMILES string of the molecule is Cc1nonc1S(=O)c1ccccc1. The summed E-state index contributed by atoms with van der Waals surface area (Å²) in [6, 6.07) is 9.09. The molecule has 5 heteroatoms. The minimum absolute atomic E-state index is 0.385. The van der Waals surface area contributed by atoms with Crippen molar-refractivity contribution in [1.82, 2.24) is 10.3 Å². The smallest absolute Gasteiger partial charge is 0.199 e. The standard InChI is InChI=1S/C9H8N2O2S/c1-7-9(11-13-10-7)14(12)8-5-3-2-4-6-8/h2-6H,1H3. The molecule has 1 aromatic heterocycles. The van der Waals surface area contributed by atoms with Gasteiger partial charge in [-0.2, -0.15) is 0 Å². The van der Waals surface area contributed by atoms with Crippen molar-refractivity contribution in [2.75, 3.05) is 0 Å². The van der Waals surface area contributed by atoms with E-state index in [9.17, 15) is 4.21 Å². The molecule has 1 atom stereocenters. The van der Waals surface area contributed by atoms with E-state index in [1.54, 1.807) is 19.1 Å². The van der Waals surface area contributed by atoms with E-state index < -0.39 is 10.8 Å². The molecule has 0 bridgehead atoms. The maximum Gasteiger partial charge on any atom is 0.199 e. The first-order valence-corrected chi connectivity index (χ1v) is 5.20. The second-order valence-corrected chi connectivity index (χ2v) is 4.13. The molecule has 0 fully saturated rings. The van der Waals surface area contributed by atoms with Crippen LogP contribution in [0.25, 0.3) is 0 Å². The summed E-state index contributed by atoms with van der Waals surface area (Å²) >= 11 is 0. The van der Waals surface area contributed by atoms with E-state index in [0.717, 1.165) is 0 Å². The molecule has 2 aromatic rings. The van der Waals surface area contributed by atoms with E-state index >= 15 is 0 Å². The Labute approximate surface area is 83.4 Å². The Morgan fingerprint density at radius 2 is 1.93 bits per heavy atom. The zero-order chi connectivity index (χ0) is 9.97. The van der Waals surface area contributed by atoms with Gasteiger partial charge < -0.3 is 0 Å². The van der Waals surface area contributed by atoms with E-state index in [2.05, 4.69) is 14.9 Å². The monoisotopic (exact) mass is 208 g/mol. The Balaban J connectivity index is 2.39. The largest absolute Gasteiger partial charge is 0.247 e. The highest BCUT2D eigenvalue weighted by atomic mass is 32.2. The van der Waals surface area contributed by atoms with E-state index in [1.165, 1.54) is 0 Å². The number of hydrogen-bond acceptors (Lipinski definition) is 4. The third-order valence-electron chi connectivity index (χ3n) is 1.74. The fraction of sp³-hybridized carbons (Fsp3) is 0.111. The number of nitrogens with zero attached hydrogens (tertiary/aromatic N) is 2. The Bertz CT molecular complexity index is 453. The molecule has 0 spiro atoms. The summed E-state index contributed by atoms with van der Waals surface area (Å²) in [5.74, 6) is 0. The summed E-state index contributed by atoms with van der Waals surface area (Å²) in [7, 11) is -1.29. The Hall–Kier alpha value is -1.49. The maximum absolute atomic E-state index is 11.9. The van der Waals surface area contributed by atoms with Crippen molar-refractivity contribution in [3.05, 3.63) is 36.0 Å². The molecule has 1 unspecified atom stereocenters. The molecule has 0 saturated heterocycles. The molecular weight excluding hydrogens is 200 g/mol. The lowest BCUT2D eigenvalue weighted by molar-refractivity contribution is 0.296. The lowest BCUT2D eigenvalue weighted by Crippen LogP contribution is -1.94. The van der Waals surface area contributed by atoms with Gasteiger partial charge in [0, 0.05) is 4.90 Å². The van der Waals surface area contributed by atoms with Crippen LogP contribution in [0.5, 0.6) is 0 Å². The average Bonchev–Trinajstić information content (AvgIpc) is 2.65. The number of benzene rings is 1. The molecule has 0 N–H and O–H groups in total. The van der Waals surface area contributed by atoms with Crippen molar-refractivity contribution in [3.8, 4) is 0 Å². The molecule has 0 radical (unpaired) electrons. The van der Waals surface area contributed by atoms with Gasteiger partial charge in [0.1, 0.15) is 16.5 Å². The first kappa shape index (κ1) is 9.08. The summed E-state index contributed by atoms with van der Waals surface area (Å²) in [6.45, 7) is 1.71. The minimum Gasteiger partial charge on any atom is -0.247 e. The topological polar surface area (TPSA) is 56.0 Å². The van der Waals surface area contributed by atoms with Gasteiger partial charge in [-0.15, -0.1) is 0 Å². The van der Waals surface area contributed by atoms with Crippen LogP contribution in [-0.4, -0.2) is 14.5 Å². The number of hydrogen-bond donors (Lipinski definition) is 0. The summed E-state index contributed by atoms with van der Waals surface area (Å²) in [5, 5.41) is 7.58. The van der Waals surface area contributed by atoms with Gasteiger partial charge >= 0.3 is 0 Å². The van der Waals surface area contributed by atoms with Gasteiger partial charge in [0.15, 0.2) is 5.03 Å². The predicted octanol–water partition coefficient (Wildman–Crippen LogP) is 1.54.